The average Bonchev–Trinajstić information content (AvgIpc) is 2.86. The third-order valence-electron chi connectivity index (χ3n) is 5.42. The molecule has 1 aromatic heterocycles. The highest BCUT2D eigenvalue weighted by molar-refractivity contribution is 5.87. The average molecular weight is 466 g/mol. The molecule has 0 N–H and O–H groups in total. The number of hydrogen-bond acceptors (Lipinski definition) is 5. The van der Waals surface area contributed by atoms with E-state index in [0.29, 0.717) is 51.5 Å². The predicted octanol–water partition coefficient (Wildman–Crippen LogP) is 6.94. The zero-order valence-corrected chi connectivity index (χ0v) is 20.3. The molecule has 0 atom stereocenters. The van der Waals surface area contributed by atoms with Gasteiger partial charge in [0.25, 0.3) is 0 Å². The Morgan fingerprint density at radius 3 is 2.40 bits per heavy atom. The van der Waals surface area contributed by atoms with Crippen molar-refractivity contribution in [3.8, 4) is 28.7 Å². The van der Waals surface area contributed by atoms with Crippen LogP contribution < -0.4 is 14.9 Å². The number of methoxy groups -OCH3 is 1. The molecule has 0 fully saturated rings. The van der Waals surface area contributed by atoms with Crippen LogP contribution in [0.4, 0.5) is 0 Å². The lowest BCUT2D eigenvalue weighted by atomic mass is 9.98. The zero-order chi connectivity index (χ0) is 25.0. The van der Waals surface area contributed by atoms with Gasteiger partial charge in [0.2, 0.25) is 5.43 Å². The number of fused-ring (bicyclic) bond motifs is 1. The molecule has 4 aromatic rings. The summed E-state index contributed by atoms with van der Waals surface area (Å²) in [5.41, 5.74) is 2.77. The van der Waals surface area contributed by atoms with E-state index in [1.165, 1.54) is 0 Å². The Labute approximate surface area is 204 Å². The van der Waals surface area contributed by atoms with E-state index < -0.39 is 0 Å². The molecular formula is C30H27NO4. The highest BCUT2D eigenvalue weighted by Gasteiger charge is 2.17. The summed E-state index contributed by atoms with van der Waals surface area (Å²) in [5.74, 6) is 1.68. The van der Waals surface area contributed by atoms with E-state index in [-0.39, 0.29) is 10.8 Å². The molecule has 0 aliphatic carbocycles. The molecule has 0 saturated carbocycles. The van der Waals surface area contributed by atoms with E-state index >= 15 is 0 Å². The minimum Gasteiger partial charge on any atom is -0.493 e. The lowest BCUT2D eigenvalue weighted by Crippen LogP contribution is -2.17. The molecule has 0 spiro atoms. The third-order valence-corrected chi connectivity index (χ3v) is 5.42. The van der Waals surface area contributed by atoms with Crippen molar-refractivity contribution in [2.75, 3.05) is 13.7 Å². The Morgan fingerprint density at radius 2 is 1.71 bits per heavy atom. The summed E-state index contributed by atoms with van der Waals surface area (Å²) >= 11 is 0. The van der Waals surface area contributed by atoms with Gasteiger partial charge in [-0.3, -0.25) is 4.79 Å². The fraction of sp³-hybridized carbons (Fsp3) is 0.200. The van der Waals surface area contributed by atoms with Crippen molar-refractivity contribution >= 4 is 23.1 Å². The molecular weight excluding hydrogens is 438 g/mol. The first-order chi connectivity index (χ1) is 16.8. The lowest BCUT2D eigenvalue weighted by molar-refractivity contribution is 0.191. The van der Waals surface area contributed by atoms with E-state index in [1.54, 1.807) is 49.6 Å². The van der Waals surface area contributed by atoms with E-state index in [0.717, 1.165) is 5.56 Å². The first kappa shape index (κ1) is 23.8. The Morgan fingerprint density at radius 1 is 0.971 bits per heavy atom. The van der Waals surface area contributed by atoms with Crippen LogP contribution in [0.25, 0.3) is 34.2 Å². The maximum atomic E-state index is 13.5. The van der Waals surface area contributed by atoms with Gasteiger partial charge in [0.15, 0.2) is 11.5 Å². The molecule has 5 nitrogen and oxygen atoms in total. The number of nitriles is 1. The number of ether oxygens (including phenoxy) is 2. The quantitative estimate of drug-likeness (QED) is 0.308. The van der Waals surface area contributed by atoms with Crippen molar-refractivity contribution in [3.05, 3.63) is 93.8 Å². The minimum absolute atomic E-state index is 0.0320. The smallest absolute Gasteiger partial charge is 0.201 e. The van der Waals surface area contributed by atoms with Crippen molar-refractivity contribution in [2.45, 2.75) is 20.8 Å². The topological polar surface area (TPSA) is 72.5 Å². The van der Waals surface area contributed by atoms with Crippen LogP contribution in [0.15, 0.2) is 75.9 Å². The Balaban J connectivity index is 1.86. The SMILES string of the molecule is COc1cccc(C=Cc2oc3ccccc3c(=O)c2-c2ccc(C#N)cc2)c1OCC(C)(C)C. The van der Waals surface area contributed by atoms with Crippen LogP contribution in [-0.2, 0) is 0 Å². The largest absolute Gasteiger partial charge is 0.493 e. The molecule has 0 radical (unpaired) electrons. The first-order valence-corrected chi connectivity index (χ1v) is 11.3. The summed E-state index contributed by atoms with van der Waals surface area (Å²) < 4.78 is 17.9. The molecule has 1 heterocycles. The number of para-hydroxylation sites is 2. The fourth-order valence-electron chi connectivity index (χ4n) is 3.69. The third kappa shape index (κ3) is 5.28. The molecule has 35 heavy (non-hydrogen) atoms. The minimum atomic E-state index is -0.133. The second kappa shape index (κ2) is 9.90. The number of benzene rings is 3. The normalized spacial score (nSPS) is 11.5. The summed E-state index contributed by atoms with van der Waals surface area (Å²) in [6.45, 7) is 6.82. The summed E-state index contributed by atoms with van der Waals surface area (Å²) in [7, 11) is 1.61. The van der Waals surface area contributed by atoms with Gasteiger partial charge < -0.3 is 13.9 Å². The highest BCUT2D eigenvalue weighted by atomic mass is 16.5. The van der Waals surface area contributed by atoms with E-state index in [4.69, 9.17) is 19.2 Å². The van der Waals surface area contributed by atoms with Gasteiger partial charge in [-0.15, -0.1) is 0 Å². The summed E-state index contributed by atoms with van der Waals surface area (Å²) in [4.78, 5) is 13.5. The molecule has 5 heteroatoms. The first-order valence-electron chi connectivity index (χ1n) is 11.3. The van der Waals surface area contributed by atoms with Crippen molar-refractivity contribution < 1.29 is 13.9 Å². The Bertz CT molecular complexity index is 1480. The van der Waals surface area contributed by atoms with Gasteiger partial charge in [0, 0.05) is 5.56 Å². The van der Waals surface area contributed by atoms with Crippen LogP contribution >= 0.6 is 0 Å². The molecule has 0 saturated heterocycles. The van der Waals surface area contributed by atoms with Crippen LogP contribution in [-0.4, -0.2) is 13.7 Å². The second-order valence-corrected chi connectivity index (χ2v) is 9.42. The Kier molecular flexibility index (Phi) is 6.75. The molecule has 0 bridgehead atoms. The summed E-state index contributed by atoms with van der Waals surface area (Å²) in [5, 5.41) is 9.66. The van der Waals surface area contributed by atoms with Crippen LogP contribution in [0.1, 0.15) is 37.7 Å². The molecule has 4 rings (SSSR count). The van der Waals surface area contributed by atoms with Crippen LogP contribution in [0, 0.1) is 16.7 Å². The van der Waals surface area contributed by atoms with Crippen LogP contribution in [0.2, 0.25) is 0 Å². The number of nitrogens with zero attached hydrogens (tertiary/aromatic N) is 1. The zero-order valence-electron chi connectivity index (χ0n) is 20.3. The van der Waals surface area contributed by atoms with Crippen LogP contribution in [0.3, 0.4) is 0 Å². The highest BCUT2D eigenvalue weighted by Crippen LogP contribution is 2.34. The molecule has 0 aliphatic rings. The van der Waals surface area contributed by atoms with Gasteiger partial charge in [0.1, 0.15) is 11.3 Å². The van der Waals surface area contributed by atoms with Crippen molar-refractivity contribution in [1.82, 2.24) is 0 Å². The summed E-state index contributed by atoms with van der Waals surface area (Å²) in [6, 6.07) is 21.9. The molecule has 3 aromatic carbocycles. The predicted molar refractivity (Wildman–Crippen MR) is 140 cm³/mol. The van der Waals surface area contributed by atoms with Crippen LogP contribution in [0.5, 0.6) is 11.5 Å². The lowest BCUT2D eigenvalue weighted by Gasteiger charge is -2.21. The molecule has 0 amide bonds. The van der Waals surface area contributed by atoms with E-state index in [2.05, 4.69) is 26.8 Å². The van der Waals surface area contributed by atoms with Crippen molar-refractivity contribution in [3.63, 3.8) is 0 Å². The maximum absolute atomic E-state index is 13.5. The van der Waals surface area contributed by atoms with Crippen molar-refractivity contribution in [1.29, 1.82) is 5.26 Å². The summed E-state index contributed by atoms with van der Waals surface area (Å²) in [6.07, 6.45) is 3.64. The van der Waals surface area contributed by atoms with E-state index in [9.17, 15) is 4.79 Å². The van der Waals surface area contributed by atoms with Gasteiger partial charge >= 0.3 is 0 Å². The number of hydrogen-bond donors (Lipinski definition) is 0. The van der Waals surface area contributed by atoms with Gasteiger partial charge in [-0.25, -0.2) is 0 Å². The standard InChI is InChI=1S/C30H27NO4/c1-30(2,3)19-34-29-22(8-7-11-26(29)33-4)16-17-25-27(21-14-12-20(18-31)13-15-21)28(32)23-9-5-6-10-24(23)35-25/h5-17H,19H2,1-4H3. The molecule has 176 valence electrons. The maximum Gasteiger partial charge on any atom is 0.201 e. The molecule has 0 unspecified atom stereocenters. The monoisotopic (exact) mass is 465 g/mol. The van der Waals surface area contributed by atoms with Gasteiger partial charge in [0.05, 0.1) is 36.3 Å². The fourth-order valence-corrected chi connectivity index (χ4v) is 3.69. The van der Waals surface area contributed by atoms with Gasteiger partial charge in [-0.05, 0) is 53.5 Å². The van der Waals surface area contributed by atoms with E-state index in [1.807, 2.05) is 36.4 Å². The van der Waals surface area contributed by atoms with Gasteiger partial charge in [-0.2, -0.15) is 5.26 Å². The Hall–Kier alpha value is -4.30. The van der Waals surface area contributed by atoms with Crippen molar-refractivity contribution in [2.24, 2.45) is 5.41 Å². The van der Waals surface area contributed by atoms with Gasteiger partial charge in [-0.1, -0.05) is 57.2 Å². The number of rotatable bonds is 6. The second-order valence-electron chi connectivity index (χ2n) is 9.42. The molecule has 0 aliphatic heterocycles.